The van der Waals surface area contributed by atoms with Crippen LogP contribution in [-0.2, 0) is 10.8 Å². The van der Waals surface area contributed by atoms with Crippen LogP contribution in [0.2, 0.25) is 0 Å². The average molecular weight is 739 g/mol. The van der Waals surface area contributed by atoms with E-state index in [9.17, 15) is 0 Å². The van der Waals surface area contributed by atoms with Crippen LogP contribution in [0.5, 0.6) is 0 Å². The molecule has 1 unspecified atom stereocenters. The standard InChI is InChI=1S/C52H58N4/c1-51(2)45-17-7-8-18-46(45)55(48(51)31-23-39-19-26-42(27-20-39)53-33-9-10-34-53)37-13-14-38-56-47-30-25-41-15-5-6-16-44(41)50(47)52(3,4)49(56)32-24-40-21-28-43(29-22-40)54-35-11-12-36-54/h5-8,15-32,38,49H,9-14,33-37H2,1-4H3/q+2. The monoisotopic (exact) mass is 738 g/mol. The Labute approximate surface area is 334 Å². The van der Waals surface area contributed by atoms with E-state index in [0.29, 0.717) is 0 Å². The van der Waals surface area contributed by atoms with Gasteiger partial charge in [0.25, 0.3) is 0 Å². The van der Waals surface area contributed by atoms with Gasteiger partial charge in [0, 0.05) is 79.7 Å². The van der Waals surface area contributed by atoms with E-state index < -0.39 is 0 Å². The van der Waals surface area contributed by atoms with Gasteiger partial charge in [-0.15, -0.1) is 0 Å². The maximum atomic E-state index is 2.59. The number of nitrogens with zero attached hydrogens (tertiary/aromatic N) is 4. The third-order valence-electron chi connectivity index (χ3n) is 13.2. The minimum Gasteiger partial charge on any atom is -0.372 e. The molecule has 4 nitrogen and oxygen atoms in total. The molecule has 5 aromatic rings. The minimum absolute atomic E-state index is 0.0744. The predicted octanol–water partition coefficient (Wildman–Crippen LogP) is 11.7. The van der Waals surface area contributed by atoms with Gasteiger partial charge in [0.05, 0.1) is 10.8 Å². The highest BCUT2D eigenvalue weighted by molar-refractivity contribution is 6.05. The maximum Gasteiger partial charge on any atom is 0.210 e. The average Bonchev–Trinajstić information content (AvgIpc) is 4.03. The van der Waals surface area contributed by atoms with Crippen molar-refractivity contribution in [1.82, 2.24) is 0 Å². The van der Waals surface area contributed by atoms with E-state index in [2.05, 4.69) is 186 Å². The van der Waals surface area contributed by atoms with Crippen LogP contribution < -0.4 is 9.80 Å². The molecule has 2 fully saturated rings. The molecule has 4 heteroatoms. The summed E-state index contributed by atoms with van der Waals surface area (Å²) in [5.74, 6) is 0. The molecule has 56 heavy (non-hydrogen) atoms. The number of allylic oxidation sites excluding steroid dienone is 1. The van der Waals surface area contributed by atoms with Gasteiger partial charge in [-0.1, -0.05) is 72.8 Å². The van der Waals surface area contributed by atoms with Crippen molar-refractivity contribution in [1.29, 1.82) is 0 Å². The zero-order valence-electron chi connectivity index (χ0n) is 33.9. The molecule has 4 heterocycles. The third-order valence-corrected chi connectivity index (χ3v) is 13.2. The fourth-order valence-electron chi connectivity index (χ4n) is 10.1. The van der Waals surface area contributed by atoms with E-state index in [-0.39, 0.29) is 16.9 Å². The number of fused-ring (bicyclic) bond motifs is 4. The van der Waals surface area contributed by atoms with Crippen molar-refractivity contribution in [2.45, 2.75) is 83.1 Å². The van der Waals surface area contributed by atoms with Crippen LogP contribution >= 0.6 is 0 Å². The summed E-state index contributed by atoms with van der Waals surface area (Å²) in [6, 6.07) is 41.2. The van der Waals surface area contributed by atoms with Crippen molar-refractivity contribution in [3.8, 4) is 0 Å². The summed E-state index contributed by atoms with van der Waals surface area (Å²) in [5, 5.41) is 2.68. The molecule has 5 aromatic carbocycles. The van der Waals surface area contributed by atoms with Crippen molar-refractivity contribution < 1.29 is 9.15 Å². The Balaban J connectivity index is 1.00. The molecule has 4 aliphatic heterocycles. The first-order chi connectivity index (χ1) is 27.3. The number of rotatable bonds is 10. The van der Waals surface area contributed by atoms with Crippen LogP contribution in [0.3, 0.4) is 0 Å². The van der Waals surface area contributed by atoms with E-state index in [0.717, 1.165) is 19.4 Å². The van der Waals surface area contributed by atoms with Gasteiger partial charge in [-0.3, -0.25) is 0 Å². The highest BCUT2D eigenvalue weighted by atomic mass is 15.1. The second-order valence-electron chi connectivity index (χ2n) is 17.5. The third kappa shape index (κ3) is 6.71. The summed E-state index contributed by atoms with van der Waals surface area (Å²) in [6.07, 6.45) is 19.3. The summed E-state index contributed by atoms with van der Waals surface area (Å²) >= 11 is 0. The quantitative estimate of drug-likeness (QED) is 0.104. The Hall–Kier alpha value is -5.22. The van der Waals surface area contributed by atoms with Crippen LogP contribution in [0.15, 0.2) is 121 Å². The number of hydrogen-bond acceptors (Lipinski definition) is 2. The summed E-state index contributed by atoms with van der Waals surface area (Å²) < 4.78 is 5.19. The topological polar surface area (TPSA) is 12.5 Å². The molecule has 9 rings (SSSR count). The van der Waals surface area contributed by atoms with Gasteiger partial charge < -0.3 is 9.80 Å². The highest BCUT2D eigenvalue weighted by Gasteiger charge is 2.49. The van der Waals surface area contributed by atoms with Crippen LogP contribution in [0.25, 0.3) is 22.9 Å². The molecule has 0 saturated carbocycles. The number of hydrogen-bond donors (Lipinski definition) is 0. The van der Waals surface area contributed by atoms with Gasteiger partial charge in [0.2, 0.25) is 11.4 Å². The zero-order valence-corrected chi connectivity index (χ0v) is 33.9. The molecule has 1 atom stereocenters. The van der Waals surface area contributed by atoms with Gasteiger partial charge >= 0.3 is 0 Å². The summed E-state index contributed by atoms with van der Waals surface area (Å²) in [4.78, 5) is 5.02. The van der Waals surface area contributed by atoms with Crippen LogP contribution in [-0.4, -0.2) is 59.8 Å². The Bertz CT molecular complexity index is 2340. The molecule has 0 aromatic heterocycles. The van der Waals surface area contributed by atoms with Gasteiger partial charge in [-0.2, -0.15) is 9.15 Å². The van der Waals surface area contributed by atoms with Crippen molar-refractivity contribution in [2.75, 3.05) is 42.5 Å². The number of benzene rings is 5. The summed E-state index contributed by atoms with van der Waals surface area (Å²) in [5.41, 5.74) is 12.0. The minimum atomic E-state index is -0.0756. The fraction of sp³-hybridized carbons (Fsp3) is 0.346. The summed E-state index contributed by atoms with van der Waals surface area (Å²) in [6.45, 7) is 15.3. The molecular formula is C52H58N4+2. The fourth-order valence-corrected chi connectivity index (χ4v) is 10.1. The SMILES string of the molecule is CC1(C)C(C=Cc2ccc(N3CCCC3)cc2)=[N+](CCCC=[N+]2c3ccc4ccccc4c3C(C)(C)C2C=Cc2ccc(N3CCCC3)cc2)c2ccccc21. The molecular weight excluding hydrogens is 681 g/mol. The van der Waals surface area contributed by atoms with E-state index in [4.69, 9.17) is 0 Å². The van der Waals surface area contributed by atoms with Gasteiger partial charge in [-0.05, 0) is 118 Å². The molecule has 0 amide bonds. The van der Waals surface area contributed by atoms with E-state index in [1.54, 1.807) is 0 Å². The maximum absolute atomic E-state index is 2.59. The van der Waals surface area contributed by atoms with Crippen molar-refractivity contribution in [3.05, 3.63) is 144 Å². The highest BCUT2D eigenvalue weighted by Crippen LogP contribution is 2.48. The Kier molecular flexibility index (Phi) is 9.77. The number of anilines is 2. The van der Waals surface area contributed by atoms with E-state index in [1.807, 2.05) is 0 Å². The molecule has 4 aliphatic rings. The normalized spacial score (nSPS) is 20.7. The second-order valence-corrected chi connectivity index (χ2v) is 17.5. The Morgan fingerprint density at radius 3 is 1.91 bits per heavy atom. The second kappa shape index (κ2) is 15.0. The number of para-hydroxylation sites is 1. The lowest BCUT2D eigenvalue weighted by Crippen LogP contribution is -2.33. The van der Waals surface area contributed by atoms with Crippen LogP contribution in [0, 0.1) is 0 Å². The molecule has 0 radical (unpaired) electrons. The molecule has 284 valence electrons. The number of unbranched alkanes of at least 4 members (excludes halogenated alkanes) is 1. The zero-order chi connectivity index (χ0) is 38.3. The van der Waals surface area contributed by atoms with Gasteiger partial charge in [0.1, 0.15) is 12.8 Å². The molecule has 0 spiro atoms. The van der Waals surface area contributed by atoms with Crippen molar-refractivity contribution >= 4 is 57.6 Å². The van der Waals surface area contributed by atoms with Crippen molar-refractivity contribution in [2.24, 2.45) is 0 Å². The lowest BCUT2D eigenvalue weighted by Gasteiger charge is -2.21. The first-order valence-electron chi connectivity index (χ1n) is 21.2. The first-order valence-corrected chi connectivity index (χ1v) is 21.2. The lowest BCUT2D eigenvalue weighted by atomic mass is 9.78. The van der Waals surface area contributed by atoms with Crippen molar-refractivity contribution in [3.63, 3.8) is 0 Å². The Morgan fingerprint density at radius 2 is 1.23 bits per heavy atom. The molecule has 2 saturated heterocycles. The van der Waals surface area contributed by atoms with E-state index in [1.165, 1.54) is 113 Å². The molecule has 0 bridgehead atoms. The molecule has 0 N–H and O–H groups in total. The van der Waals surface area contributed by atoms with Gasteiger partial charge in [0.15, 0.2) is 11.8 Å². The van der Waals surface area contributed by atoms with E-state index >= 15 is 0 Å². The van der Waals surface area contributed by atoms with Crippen LogP contribution in [0.4, 0.5) is 22.7 Å². The molecule has 0 aliphatic carbocycles. The summed E-state index contributed by atoms with van der Waals surface area (Å²) in [7, 11) is 0. The lowest BCUT2D eigenvalue weighted by molar-refractivity contribution is -0.466. The van der Waals surface area contributed by atoms with Crippen LogP contribution in [0.1, 0.15) is 88.5 Å². The first kappa shape index (κ1) is 36.4. The Morgan fingerprint density at radius 1 is 0.625 bits per heavy atom. The smallest absolute Gasteiger partial charge is 0.210 e. The van der Waals surface area contributed by atoms with Gasteiger partial charge in [-0.25, -0.2) is 0 Å². The largest absolute Gasteiger partial charge is 0.372 e. The predicted molar refractivity (Wildman–Crippen MR) is 239 cm³/mol.